The van der Waals surface area contributed by atoms with E-state index in [0.29, 0.717) is 0 Å². The van der Waals surface area contributed by atoms with E-state index >= 15 is 0 Å². The van der Waals surface area contributed by atoms with Gasteiger partial charge in [-0.25, -0.2) is 0 Å². The SMILES string of the molecule is Brc1csc(CNc2cccc(Cn3cccn3)c2)c1. The number of hydrogen-bond donors (Lipinski definition) is 1. The maximum atomic E-state index is 4.23. The van der Waals surface area contributed by atoms with E-state index < -0.39 is 0 Å². The molecule has 0 aliphatic rings. The molecule has 0 saturated heterocycles. The summed E-state index contributed by atoms with van der Waals surface area (Å²) in [7, 11) is 0. The normalized spacial score (nSPS) is 10.7. The Kier molecular flexibility index (Phi) is 4.18. The van der Waals surface area contributed by atoms with E-state index in [1.165, 1.54) is 10.4 Å². The van der Waals surface area contributed by atoms with E-state index in [0.717, 1.165) is 23.2 Å². The van der Waals surface area contributed by atoms with E-state index in [9.17, 15) is 0 Å². The number of rotatable bonds is 5. The van der Waals surface area contributed by atoms with Gasteiger partial charge in [0.05, 0.1) is 6.54 Å². The zero-order valence-electron chi connectivity index (χ0n) is 10.8. The molecule has 20 heavy (non-hydrogen) atoms. The zero-order chi connectivity index (χ0) is 13.8. The fraction of sp³-hybridized carbons (Fsp3) is 0.133. The average Bonchev–Trinajstić information content (AvgIpc) is 3.09. The van der Waals surface area contributed by atoms with Crippen molar-refractivity contribution in [2.75, 3.05) is 5.32 Å². The van der Waals surface area contributed by atoms with E-state index in [1.807, 2.05) is 16.9 Å². The standard InChI is InChI=1S/C15H14BrN3S/c16-13-8-15(20-11-13)9-17-14-4-1-3-12(7-14)10-19-6-2-5-18-19/h1-8,11,17H,9-10H2. The Hall–Kier alpha value is -1.59. The van der Waals surface area contributed by atoms with Crippen molar-refractivity contribution >= 4 is 33.0 Å². The zero-order valence-corrected chi connectivity index (χ0v) is 13.2. The van der Waals surface area contributed by atoms with Crippen LogP contribution >= 0.6 is 27.3 Å². The highest BCUT2D eigenvalue weighted by Gasteiger charge is 2.00. The number of aromatic nitrogens is 2. The third kappa shape index (κ3) is 3.49. The highest BCUT2D eigenvalue weighted by atomic mass is 79.9. The summed E-state index contributed by atoms with van der Waals surface area (Å²) in [6.07, 6.45) is 3.78. The van der Waals surface area contributed by atoms with Crippen molar-refractivity contribution in [1.82, 2.24) is 9.78 Å². The molecule has 1 aromatic carbocycles. The molecule has 0 unspecified atom stereocenters. The Labute approximate surface area is 130 Å². The largest absolute Gasteiger partial charge is 0.380 e. The second-order valence-corrected chi connectivity index (χ2v) is 6.40. The van der Waals surface area contributed by atoms with Gasteiger partial charge in [-0.3, -0.25) is 4.68 Å². The molecule has 2 aromatic heterocycles. The second-order valence-electron chi connectivity index (χ2n) is 4.49. The molecule has 5 heteroatoms. The molecule has 0 spiro atoms. The third-order valence-electron chi connectivity index (χ3n) is 2.92. The quantitative estimate of drug-likeness (QED) is 0.742. The van der Waals surface area contributed by atoms with Crippen LogP contribution in [0.4, 0.5) is 5.69 Å². The summed E-state index contributed by atoms with van der Waals surface area (Å²) in [4.78, 5) is 1.31. The maximum absolute atomic E-state index is 4.23. The van der Waals surface area contributed by atoms with Crippen LogP contribution in [0.1, 0.15) is 10.4 Å². The molecule has 1 N–H and O–H groups in total. The molecule has 102 valence electrons. The average molecular weight is 348 g/mol. The van der Waals surface area contributed by atoms with E-state index in [4.69, 9.17) is 0 Å². The van der Waals surface area contributed by atoms with E-state index in [2.05, 4.69) is 62.1 Å². The van der Waals surface area contributed by atoms with Gasteiger partial charge in [0, 0.05) is 39.4 Å². The van der Waals surface area contributed by atoms with Gasteiger partial charge in [-0.1, -0.05) is 12.1 Å². The number of thiophene rings is 1. The molecule has 0 aliphatic heterocycles. The predicted octanol–water partition coefficient (Wildman–Crippen LogP) is 4.37. The molecule has 0 aliphatic carbocycles. The molecule has 0 atom stereocenters. The molecule has 3 nitrogen and oxygen atoms in total. The first kappa shape index (κ1) is 13.4. The molecular formula is C15H14BrN3S. The molecule has 0 amide bonds. The van der Waals surface area contributed by atoms with E-state index in [1.54, 1.807) is 17.5 Å². The lowest BCUT2D eigenvalue weighted by Gasteiger charge is -2.08. The van der Waals surface area contributed by atoms with Crippen molar-refractivity contribution in [2.45, 2.75) is 13.1 Å². The van der Waals surface area contributed by atoms with Crippen molar-refractivity contribution < 1.29 is 0 Å². The van der Waals surface area contributed by atoms with Gasteiger partial charge >= 0.3 is 0 Å². The van der Waals surface area contributed by atoms with Crippen LogP contribution in [-0.2, 0) is 13.1 Å². The Morgan fingerprint density at radius 2 is 2.20 bits per heavy atom. The molecule has 3 rings (SSSR count). The van der Waals surface area contributed by atoms with Gasteiger partial charge in [0.2, 0.25) is 0 Å². The predicted molar refractivity (Wildman–Crippen MR) is 87.1 cm³/mol. The number of anilines is 1. The van der Waals surface area contributed by atoms with Gasteiger partial charge in [-0.2, -0.15) is 5.10 Å². The van der Waals surface area contributed by atoms with Crippen LogP contribution in [0.25, 0.3) is 0 Å². The molecule has 3 aromatic rings. The highest BCUT2D eigenvalue weighted by Crippen LogP contribution is 2.21. The Balaban J connectivity index is 1.65. The fourth-order valence-corrected chi connectivity index (χ4v) is 3.39. The van der Waals surface area contributed by atoms with Crippen LogP contribution in [0.3, 0.4) is 0 Å². The van der Waals surface area contributed by atoms with Crippen molar-refractivity contribution in [2.24, 2.45) is 0 Å². The Morgan fingerprint density at radius 3 is 2.95 bits per heavy atom. The minimum Gasteiger partial charge on any atom is -0.380 e. The first-order valence-corrected chi connectivity index (χ1v) is 8.00. The number of hydrogen-bond acceptors (Lipinski definition) is 3. The topological polar surface area (TPSA) is 29.9 Å². The van der Waals surface area contributed by atoms with Crippen LogP contribution in [0, 0.1) is 0 Å². The van der Waals surface area contributed by atoms with Gasteiger partial charge in [-0.15, -0.1) is 11.3 Å². The fourth-order valence-electron chi connectivity index (χ4n) is 2.00. The number of nitrogens with zero attached hydrogens (tertiary/aromatic N) is 2. The van der Waals surface area contributed by atoms with Crippen molar-refractivity contribution in [3.05, 3.63) is 69.1 Å². The summed E-state index contributed by atoms with van der Waals surface area (Å²) in [6, 6.07) is 12.5. The van der Waals surface area contributed by atoms with Crippen LogP contribution in [-0.4, -0.2) is 9.78 Å². The molecular weight excluding hydrogens is 334 g/mol. The van der Waals surface area contributed by atoms with Crippen LogP contribution in [0.2, 0.25) is 0 Å². The molecule has 0 fully saturated rings. The van der Waals surface area contributed by atoms with Crippen molar-refractivity contribution in [3.63, 3.8) is 0 Å². The lowest BCUT2D eigenvalue weighted by molar-refractivity contribution is 0.687. The lowest BCUT2D eigenvalue weighted by atomic mass is 10.2. The lowest BCUT2D eigenvalue weighted by Crippen LogP contribution is -2.02. The third-order valence-corrected chi connectivity index (χ3v) is 4.62. The summed E-state index contributed by atoms with van der Waals surface area (Å²) in [6.45, 7) is 1.65. The van der Waals surface area contributed by atoms with Gasteiger partial charge in [0.15, 0.2) is 0 Å². The highest BCUT2D eigenvalue weighted by molar-refractivity contribution is 9.10. The van der Waals surface area contributed by atoms with E-state index in [-0.39, 0.29) is 0 Å². The van der Waals surface area contributed by atoms with Gasteiger partial charge in [0.1, 0.15) is 0 Å². The number of nitrogens with one attached hydrogen (secondary N) is 1. The monoisotopic (exact) mass is 347 g/mol. The summed E-state index contributed by atoms with van der Waals surface area (Å²) in [5.41, 5.74) is 2.38. The summed E-state index contributed by atoms with van der Waals surface area (Å²) < 4.78 is 3.07. The molecule has 0 saturated carbocycles. The first-order chi connectivity index (χ1) is 9.79. The van der Waals surface area contributed by atoms with Crippen LogP contribution in [0.15, 0.2) is 58.6 Å². The van der Waals surface area contributed by atoms with Gasteiger partial charge < -0.3 is 5.32 Å². The Bertz CT molecular complexity index is 676. The van der Waals surface area contributed by atoms with Crippen molar-refractivity contribution in [1.29, 1.82) is 0 Å². The Morgan fingerprint density at radius 1 is 1.25 bits per heavy atom. The molecule has 0 radical (unpaired) electrons. The summed E-state index contributed by atoms with van der Waals surface area (Å²) in [5.74, 6) is 0. The second kappa shape index (κ2) is 6.24. The minimum atomic E-state index is 0.799. The molecule has 0 bridgehead atoms. The number of benzene rings is 1. The van der Waals surface area contributed by atoms with Crippen molar-refractivity contribution in [3.8, 4) is 0 Å². The van der Waals surface area contributed by atoms with Gasteiger partial charge in [-0.05, 0) is 45.8 Å². The number of halogens is 1. The van der Waals surface area contributed by atoms with Crippen LogP contribution < -0.4 is 5.32 Å². The smallest absolute Gasteiger partial charge is 0.0660 e. The van der Waals surface area contributed by atoms with Gasteiger partial charge in [0.25, 0.3) is 0 Å². The minimum absolute atomic E-state index is 0.799. The maximum Gasteiger partial charge on any atom is 0.0660 e. The molecule has 2 heterocycles. The van der Waals surface area contributed by atoms with Crippen LogP contribution in [0.5, 0.6) is 0 Å². The summed E-state index contributed by atoms with van der Waals surface area (Å²) in [5, 5.41) is 9.79. The summed E-state index contributed by atoms with van der Waals surface area (Å²) >= 11 is 5.23. The first-order valence-electron chi connectivity index (χ1n) is 6.33.